The third-order valence-electron chi connectivity index (χ3n) is 3.53. The van der Waals surface area contributed by atoms with Gasteiger partial charge in [0.2, 0.25) is 0 Å². The molecule has 0 aromatic heterocycles. The van der Waals surface area contributed by atoms with Crippen LogP contribution < -0.4 is 0 Å². The molecular formula is C20H32O. The molecule has 0 amide bonds. The molecule has 118 valence electrons. The zero-order valence-electron chi connectivity index (χ0n) is 14.5. The molecule has 1 aromatic rings. The topological polar surface area (TPSA) is 9.23 Å². The molecular weight excluding hydrogens is 256 g/mol. The van der Waals surface area contributed by atoms with E-state index in [9.17, 15) is 0 Å². The fourth-order valence-corrected chi connectivity index (χ4v) is 2.19. The number of hydrogen-bond donors (Lipinski definition) is 0. The van der Waals surface area contributed by atoms with Crippen LogP contribution in [0.3, 0.4) is 0 Å². The van der Waals surface area contributed by atoms with Crippen LogP contribution in [0.2, 0.25) is 0 Å². The van der Waals surface area contributed by atoms with Crippen molar-refractivity contribution in [2.24, 2.45) is 0 Å². The van der Waals surface area contributed by atoms with Gasteiger partial charge in [-0.2, -0.15) is 0 Å². The fourth-order valence-electron chi connectivity index (χ4n) is 2.19. The Bertz CT molecular complexity index is 424. The maximum Gasteiger partial charge on any atom is 0.0518 e. The summed E-state index contributed by atoms with van der Waals surface area (Å²) in [5.41, 5.74) is 2.93. The molecule has 1 heteroatoms. The zero-order valence-corrected chi connectivity index (χ0v) is 14.5. The molecule has 0 unspecified atom stereocenters. The molecule has 1 aromatic carbocycles. The van der Waals surface area contributed by atoms with Gasteiger partial charge in [0.1, 0.15) is 0 Å². The van der Waals surface area contributed by atoms with Crippen LogP contribution in [0.4, 0.5) is 0 Å². The average Bonchev–Trinajstić information content (AvgIpc) is 2.41. The maximum absolute atomic E-state index is 5.54. The van der Waals surface area contributed by atoms with Crippen molar-refractivity contribution < 1.29 is 4.74 Å². The molecule has 1 rings (SSSR count). The lowest BCUT2D eigenvalue weighted by atomic mass is 9.86. The highest BCUT2D eigenvalue weighted by Crippen LogP contribution is 2.23. The third-order valence-corrected chi connectivity index (χ3v) is 3.53. The first-order chi connectivity index (χ1) is 9.89. The lowest BCUT2D eigenvalue weighted by Gasteiger charge is -2.19. The minimum atomic E-state index is 0.222. The molecule has 1 nitrogen and oxygen atoms in total. The number of benzene rings is 1. The Kier molecular flexibility index (Phi) is 7.74. The molecule has 0 radical (unpaired) electrons. The number of rotatable bonds is 8. The van der Waals surface area contributed by atoms with Crippen molar-refractivity contribution in [2.75, 3.05) is 6.61 Å². The van der Waals surface area contributed by atoms with Gasteiger partial charge in [0.05, 0.1) is 6.10 Å². The van der Waals surface area contributed by atoms with Gasteiger partial charge in [-0.1, -0.05) is 63.6 Å². The molecule has 0 atom stereocenters. The molecule has 0 aliphatic heterocycles. The van der Waals surface area contributed by atoms with Crippen LogP contribution in [-0.4, -0.2) is 12.7 Å². The highest BCUT2D eigenvalue weighted by Gasteiger charge is 2.12. The first kappa shape index (κ1) is 18.0. The highest BCUT2D eigenvalue weighted by atomic mass is 16.5. The van der Waals surface area contributed by atoms with E-state index < -0.39 is 0 Å². The number of allylic oxidation sites excluding steroid dienone is 1. The number of hydrogen-bond acceptors (Lipinski definition) is 1. The summed E-state index contributed by atoms with van der Waals surface area (Å²) in [6.07, 6.45) is 9.73. The summed E-state index contributed by atoms with van der Waals surface area (Å²) in [5.74, 6) is 0. The van der Waals surface area contributed by atoms with Crippen molar-refractivity contribution in [1.29, 1.82) is 0 Å². The quantitative estimate of drug-likeness (QED) is 0.534. The normalized spacial score (nSPS) is 12.5. The molecule has 0 saturated carbocycles. The second kappa shape index (κ2) is 9.04. The third kappa shape index (κ3) is 8.06. The van der Waals surface area contributed by atoms with Crippen LogP contribution >= 0.6 is 0 Å². The standard InChI is InChI=1S/C20H32O/c1-17(2)21-15-10-8-6-7-9-12-18-13-11-14-19(16-18)20(3,4)5/h9,11-14,16-17H,6-8,10,15H2,1-5H3/b12-9+. The van der Waals surface area contributed by atoms with E-state index in [1.165, 1.54) is 30.4 Å². The SMILES string of the molecule is CC(C)OCCCCC/C=C/c1cccc(C(C)(C)C)c1. The Balaban J connectivity index is 2.28. The lowest BCUT2D eigenvalue weighted by molar-refractivity contribution is 0.0758. The molecule has 0 aliphatic carbocycles. The van der Waals surface area contributed by atoms with E-state index in [1.807, 2.05) is 0 Å². The maximum atomic E-state index is 5.54. The summed E-state index contributed by atoms with van der Waals surface area (Å²) in [7, 11) is 0. The lowest BCUT2D eigenvalue weighted by Crippen LogP contribution is -2.10. The minimum Gasteiger partial charge on any atom is -0.379 e. The van der Waals surface area contributed by atoms with Crippen LogP contribution in [0.25, 0.3) is 6.08 Å². The summed E-state index contributed by atoms with van der Waals surface area (Å²) in [5, 5.41) is 0. The summed E-state index contributed by atoms with van der Waals surface area (Å²) >= 11 is 0. The first-order valence-corrected chi connectivity index (χ1v) is 8.28. The largest absolute Gasteiger partial charge is 0.379 e. The average molecular weight is 288 g/mol. The summed E-state index contributed by atoms with van der Waals surface area (Å²) in [4.78, 5) is 0. The van der Waals surface area contributed by atoms with Gasteiger partial charge in [-0.25, -0.2) is 0 Å². The molecule has 0 N–H and O–H groups in total. The predicted molar refractivity (Wildman–Crippen MR) is 93.7 cm³/mol. The van der Waals surface area contributed by atoms with Gasteiger partial charge in [-0.05, 0) is 49.7 Å². The smallest absolute Gasteiger partial charge is 0.0518 e. The van der Waals surface area contributed by atoms with Gasteiger partial charge >= 0.3 is 0 Å². The van der Waals surface area contributed by atoms with Gasteiger partial charge in [0.15, 0.2) is 0 Å². The van der Waals surface area contributed by atoms with Gasteiger partial charge in [-0.15, -0.1) is 0 Å². The summed E-state index contributed by atoms with van der Waals surface area (Å²) in [6, 6.07) is 8.85. The van der Waals surface area contributed by atoms with Crippen LogP contribution in [-0.2, 0) is 10.2 Å². The Morgan fingerprint density at radius 1 is 1.10 bits per heavy atom. The van der Waals surface area contributed by atoms with Crippen molar-refractivity contribution in [3.05, 3.63) is 41.5 Å². The van der Waals surface area contributed by atoms with Crippen LogP contribution in [0.5, 0.6) is 0 Å². The van der Waals surface area contributed by atoms with Crippen molar-refractivity contribution in [3.63, 3.8) is 0 Å². The summed E-state index contributed by atoms with van der Waals surface area (Å²) in [6.45, 7) is 11.9. The number of unbranched alkanes of at least 4 members (excludes halogenated alkanes) is 3. The van der Waals surface area contributed by atoms with E-state index in [2.05, 4.69) is 71.0 Å². The molecule has 0 bridgehead atoms. The van der Waals surface area contributed by atoms with Crippen LogP contribution in [0, 0.1) is 0 Å². The summed E-state index contributed by atoms with van der Waals surface area (Å²) < 4.78 is 5.54. The molecule has 0 saturated heterocycles. The highest BCUT2D eigenvalue weighted by molar-refractivity contribution is 5.51. The molecule has 0 spiro atoms. The van der Waals surface area contributed by atoms with Crippen LogP contribution in [0.15, 0.2) is 30.3 Å². The second-order valence-electron chi connectivity index (χ2n) is 7.05. The number of ether oxygens (including phenoxy) is 1. The van der Waals surface area contributed by atoms with E-state index >= 15 is 0 Å². The fraction of sp³-hybridized carbons (Fsp3) is 0.600. The Morgan fingerprint density at radius 3 is 2.52 bits per heavy atom. The van der Waals surface area contributed by atoms with Crippen molar-refractivity contribution in [1.82, 2.24) is 0 Å². The predicted octanol–water partition coefficient (Wildman–Crippen LogP) is 5.98. The van der Waals surface area contributed by atoms with Crippen molar-refractivity contribution in [3.8, 4) is 0 Å². The van der Waals surface area contributed by atoms with E-state index in [0.29, 0.717) is 6.10 Å². The van der Waals surface area contributed by atoms with Crippen molar-refractivity contribution in [2.45, 2.75) is 71.8 Å². The van der Waals surface area contributed by atoms with E-state index in [-0.39, 0.29) is 5.41 Å². The molecule has 0 aliphatic rings. The first-order valence-electron chi connectivity index (χ1n) is 8.28. The van der Waals surface area contributed by atoms with E-state index in [4.69, 9.17) is 4.74 Å². The zero-order chi connectivity index (χ0) is 15.7. The molecule has 0 fully saturated rings. The van der Waals surface area contributed by atoms with Gasteiger partial charge in [-0.3, -0.25) is 0 Å². The van der Waals surface area contributed by atoms with Gasteiger partial charge in [0, 0.05) is 6.61 Å². The molecule has 21 heavy (non-hydrogen) atoms. The minimum absolute atomic E-state index is 0.222. The van der Waals surface area contributed by atoms with E-state index in [1.54, 1.807) is 0 Å². The van der Waals surface area contributed by atoms with Crippen LogP contribution in [0.1, 0.15) is 71.4 Å². The van der Waals surface area contributed by atoms with Gasteiger partial charge < -0.3 is 4.74 Å². The van der Waals surface area contributed by atoms with E-state index in [0.717, 1.165) is 13.0 Å². The Hall–Kier alpha value is -1.08. The van der Waals surface area contributed by atoms with Gasteiger partial charge in [0.25, 0.3) is 0 Å². The monoisotopic (exact) mass is 288 g/mol. The van der Waals surface area contributed by atoms with Crippen molar-refractivity contribution >= 4 is 6.08 Å². The molecule has 0 heterocycles. The Morgan fingerprint density at radius 2 is 1.86 bits per heavy atom. The Labute approximate surface area is 131 Å². The second-order valence-corrected chi connectivity index (χ2v) is 7.05.